The van der Waals surface area contributed by atoms with Gasteiger partial charge in [-0.05, 0) is 50.7 Å². The van der Waals surface area contributed by atoms with Crippen LogP contribution < -0.4 is 15.0 Å². The topological polar surface area (TPSA) is 131 Å². The molecule has 0 radical (unpaired) electrons. The van der Waals surface area contributed by atoms with E-state index in [9.17, 15) is 4.79 Å². The Bertz CT molecular complexity index is 1900. The summed E-state index contributed by atoms with van der Waals surface area (Å²) in [7, 11) is 0. The largest absolute Gasteiger partial charge is 0.463 e. The number of carbonyl (C=O) groups is 1. The molecular weight excluding hydrogens is 658 g/mol. The number of benzene rings is 1. The first kappa shape index (κ1) is 32.3. The summed E-state index contributed by atoms with van der Waals surface area (Å²) < 4.78 is 49.9. The number of hydrogen-bond acceptors (Lipinski definition) is 10. The average Bonchev–Trinajstić information content (AvgIpc) is 3.67. The number of H-pyrrole nitrogens is 1. The molecule has 49 heavy (non-hydrogen) atoms. The third kappa shape index (κ3) is 6.45. The summed E-state index contributed by atoms with van der Waals surface area (Å²) in [5.41, 5.74) is 0.891. The highest BCUT2D eigenvalue weighted by molar-refractivity contribution is 6.33. The molecule has 1 aromatic carbocycles. The summed E-state index contributed by atoms with van der Waals surface area (Å²) in [5, 5.41) is 11.4. The van der Waals surface area contributed by atoms with Crippen LogP contribution in [0.3, 0.4) is 0 Å². The van der Waals surface area contributed by atoms with Crippen LogP contribution in [0.1, 0.15) is 44.6 Å². The van der Waals surface area contributed by atoms with Crippen molar-refractivity contribution >= 4 is 45.3 Å². The summed E-state index contributed by atoms with van der Waals surface area (Å²) in [6.07, 6.45) is 4.94. The third-order valence-electron chi connectivity index (χ3n) is 10.2. The van der Waals surface area contributed by atoms with Crippen LogP contribution in [0.5, 0.6) is 6.01 Å². The van der Waals surface area contributed by atoms with Gasteiger partial charge in [-0.3, -0.25) is 15.0 Å². The van der Waals surface area contributed by atoms with E-state index >= 15 is 8.78 Å². The Morgan fingerprint density at radius 2 is 1.98 bits per heavy atom. The number of rotatable bonds is 5. The van der Waals surface area contributed by atoms with Crippen molar-refractivity contribution in [3.8, 4) is 17.3 Å². The van der Waals surface area contributed by atoms with Gasteiger partial charge in [0, 0.05) is 60.2 Å². The van der Waals surface area contributed by atoms with Gasteiger partial charge < -0.3 is 24.4 Å². The summed E-state index contributed by atoms with van der Waals surface area (Å²) in [6.45, 7) is 6.50. The first-order valence-corrected chi connectivity index (χ1v) is 17.4. The van der Waals surface area contributed by atoms with Gasteiger partial charge in [0.1, 0.15) is 23.2 Å². The maximum atomic E-state index is 17.1. The smallest absolute Gasteiger partial charge is 0.407 e. The number of amides is 1. The number of anilines is 1. The van der Waals surface area contributed by atoms with Gasteiger partial charge in [0.05, 0.1) is 55.6 Å². The fraction of sp³-hybridized carbons (Fsp3) is 0.559. The Morgan fingerprint density at radius 3 is 2.80 bits per heavy atom. The molecule has 1 amide bonds. The van der Waals surface area contributed by atoms with Gasteiger partial charge >= 0.3 is 12.1 Å². The molecule has 2 N–H and O–H groups in total. The number of alkyl halides is 1. The quantitative estimate of drug-likeness (QED) is 0.286. The van der Waals surface area contributed by atoms with Crippen molar-refractivity contribution < 1.29 is 27.8 Å². The third-order valence-corrected chi connectivity index (χ3v) is 10.5. The van der Waals surface area contributed by atoms with Crippen LogP contribution in [0.15, 0.2) is 18.5 Å². The van der Waals surface area contributed by atoms with Crippen LogP contribution in [-0.4, -0.2) is 107 Å². The normalized spacial score (nSPS) is 24.4. The molecule has 15 heteroatoms. The van der Waals surface area contributed by atoms with E-state index in [0.29, 0.717) is 71.5 Å². The Hall–Kier alpha value is -3.88. The van der Waals surface area contributed by atoms with Crippen molar-refractivity contribution in [3.63, 3.8) is 0 Å². The number of halogens is 3. The molecule has 7 heterocycles. The van der Waals surface area contributed by atoms with E-state index in [0.717, 1.165) is 32.5 Å². The highest BCUT2D eigenvalue weighted by Crippen LogP contribution is 2.47. The molecule has 4 aliphatic heterocycles. The molecule has 3 fully saturated rings. The van der Waals surface area contributed by atoms with E-state index in [4.69, 9.17) is 30.8 Å². The van der Waals surface area contributed by atoms with E-state index in [2.05, 4.69) is 30.4 Å². The Labute approximate surface area is 286 Å². The van der Waals surface area contributed by atoms with Crippen molar-refractivity contribution in [1.82, 2.24) is 35.4 Å². The molecule has 5 aliphatic rings. The average molecular weight is 697 g/mol. The van der Waals surface area contributed by atoms with Gasteiger partial charge in [-0.15, -0.1) is 0 Å². The molecule has 12 nitrogen and oxygen atoms in total. The molecular formula is C34H39ClF2N8O4. The minimum atomic E-state index is -1.31. The van der Waals surface area contributed by atoms with Crippen LogP contribution >= 0.6 is 11.6 Å². The lowest BCUT2D eigenvalue weighted by molar-refractivity contribution is 0.0231. The Balaban J connectivity index is 1.25. The van der Waals surface area contributed by atoms with Gasteiger partial charge in [0.25, 0.3) is 0 Å². The molecule has 4 aromatic rings. The van der Waals surface area contributed by atoms with Crippen LogP contribution in [-0.2, 0) is 15.9 Å². The van der Waals surface area contributed by atoms with Gasteiger partial charge in [-0.25, -0.2) is 13.6 Å². The van der Waals surface area contributed by atoms with Gasteiger partial charge in [0.2, 0.25) is 0 Å². The molecule has 1 aliphatic carbocycles. The van der Waals surface area contributed by atoms with E-state index < -0.39 is 23.6 Å². The van der Waals surface area contributed by atoms with Crippen LogP contribution in [0.25, 0.3) is 33.1 Å². The van der Waals surface area contributed by atoms with E-state index in [1.807, 2.05) is 0 Å². The molecule has 260 valence electrons. The van der Waals surface area contributed by atoms with Crippen molar-refractivity contribution in [2.45, 2.75) is 57.2 Å². The standard InChI is InChI=1S/C34H39ClF2N8O4/c1-33-13-20(36)16-45(17-33)30-23-14-38-29(26-21(4-2-3-9-48-32(46)42-33)24(35)12-25-22(26)15-39-43-25)27(37)28(23)40-31(41-30)49-19-34(5-6-34)18-44-7-10-47-11-8-44/h12,14-15,20H,2-11,13,16-19H2,1H3,(H,39,43)(H,42,46)/t20-,33-/m1/s1. The maximum Gasteiger partial charge on any atom is 0.407 e. The zero-order chi connectivity index (χ0) is 33.8. The lowest BCUT2D eigenvalue weighted by Gasteiger charge is -2.42. The van der Waals surface area contributed by atoms with Crippen LogP contribution in [0, 0.1) is 11.2 Å². The highest BCUT2D eigenvalue weighted by Gasteiger charge is 2.45. The molecule has 1 saturated carbocycles. The molecule has 9 rings (SSSR count). The first-order chi connectivity index (χ1) is 23.7. The number of aromatic nitrogens is 5. The monoisotopic (exact) mass is 696 g/mol. The number of hydrogen-bond donors (Lipinski definition) is 2. The summed E-state index contributed by atoms with van der Waals surface area (Å²) in [6, 6.07) is 1.77. The predicted molar refractivity (Wildman–Crippen MR) is 179 cm³/mol. The van der Waals surface area contributed by atoms with Crippen molar-refractivity contribution in [3.05, 3.63) is 34.9 Å². The summed E-state index contributed by atoms with van der Waals surface area (Å²) >= 11 is 6.81. The molecule has 2 saturated heterocycles. The van der Waals surface area contributed by atoms with Gasteiger partial charge in [0.15, 0.2) is 5.82 Å². The number of pyridine rings is 1. The molecule has 6 bridgehead atoms. The molecule has 0 unspecified atom stereocenters. The zero-order valence-electron chi connectivity index (χ0n) is 27.4. The second kappa shape index (κ2) is 12.8. The van der Waals surface area contributed by atoms with E-state index in [-0.39, 0.29) is 54.6 Å². The fourth-order valence-electron chi connectivity index (χ4n) is 7.54. The number of piperidine rings is 1. The summed E-state index contributed by atoms with van der Waals surface area (Å²) in [4.78, 5) is 31.1. The lowest BCUT2D eigenvalue weighted by atomic mass is 9.90. The number of carbonyl (C=O) groups excluding carboxylic acids is 1. The van der Waals surface area contributed by atoms with Crippen molar-refractivity contribution in [1.29, 1.82) is 0 Å². The van der Waals surface area contributed by atoms with Crippen LogP contribution in [0.4, 0.5) is 19.4 Å². The Kier molecular flexibility index (Phi) is 8.43. The predicted octanol–water partition coefficient (Wildman–Crippen LogP) is 5.22. The minimum absolute atomic E-state index is 0.000418. The molecule has 0 spiro atoms. The number of aromatic amines is 1. The Morgan fingerprint density at radius 1 is 1.14 bits per heavy atom. The number of morpholine rings is 1. The summed E-state index contributed by atoms with van der Waals surface area (Å²) in [5.74, 6) is -0.382. The second-order valence-corrected chi connectivity index (χ2v) is 14.6. The minimum Gasteiger partial charge on any atom is -0.463 e. The van der Waals surface area contributed by atoms with Gasteiger partial charge in [-0.1, -0.05) is 11.6 Å². The van der Waals surface area contributed by atoms with Crippen molar-refractivity contribution in [2.24, 2.45) is 5.41 Å². The number of alkyl carbamates (subject to hydrolysis) is 1. The first-order valence-electron chi connectivity index (χ1n) is 17.0. The molecule has 2 atom stereocenters. The number of ether oxygens (including phenoxy) is 3. The van der Waals surface area contributed by atoms with Crippen molar-refractivity contribution in [2.75, 3.05) is 64.1 Å². The lowest BCUT2D eigenvalue weighted by Crippen LogP contribution is -2.60. The fourth-order valence-corrected chi connectivity index (χ4v) is 7.84. The maximum absolute atomic E-state index is 17.1. The number of nitrogens with zero attached hydrogens (tertiary/aromatic N) is 6. The molecule has 3 aromatic heterocycles. The zero-order valence-corrected chi connectivity index (χ0v) is 28.1. The highest BCUT2D eigenvalue weighted by atomic mass is 35.5. The number of fused-ring (bicyclic) bond motifs is 8. The van der Waals surface area contributed by atoms with Crippen LogP contribution in [0.2, 0.25) is 5.02 Å². The number of nitrogens with one attached hydrogen (secondary N) is 2. The second-order valence-electron chi connectivity index (χ2n) is 14.2. The van der Waals surface area contributed by atoms with E-state index in [1.165, 1.54) is 6.20 Å². The van der Waals surface area contributed by atoms with Gasteiger partial charge in [-0.2, -0.15) is 15.1 Å². The SMILES string of the molecule is C[C@@]12C[C@@H](F)CN(C1)c1nc(OCC3(CN4CCOCC4)CC3)nc3c(F)c(ncc13)-c1c(c(Cl)cc3[nH]ncc13)CCCCOC(=O)N2. The van der Waals surface area contributed by atoms with E-state index in [1.54, 1.807) is 24.1 Å².